The molecule has 0 aromatic carbocycles. The van der Waals surface area contributed by atoms with Crippen LogP contribution >= 0.6 is 0 Å². The predicted molar refractivity (Wildman–Crippen MR) is 59.1 cm³/mol. The van der Waals surface area contributed by atoms with Crippen LogP contribution < -0.4 is 0 Å². The number of hydrogen-bond acceptors (Lipinski definition) is 4. The van der Waals surface area contributed by atoms with Gasteiger partial charge in [-0.25, -0.2) is 0 Å². The topological polar surface area (TPSA) is 52.6 Å². The summed E-state index contributed by atoms with van der Waals surface area (Å²) in [5.41, 5.74) is -0.925. The van der Waals surface area contributed by atoms with Crippen molar-refractivity contribution >= 4 is 11.9 Å². The molecule has 0 amide bonds. The van der Waals surface area contributed by atoms with E-state index in [2.05, 4.69) is 0 Å². The Morgan fingerprint density at radius 3 is 1.47 bits per heavy atom. The highest BCUT2D eigenvalue weighted by Gasteiger charge is 2.60. The van der Waals surface area contributed by atoms with Gasteiger partial charge >= 0.3 is 11.9 Å². The molecule has 3 saturated carbocycles. The molecule has 0 heterocycles. The molecule has 0 unspecified atom stereocenters. The third kappa shape index (κ3) is 1.94. The minimum absolute atomic E-state index is 0.0523. The Morgan fingerprint density at radius 1 is 0.824 bits per heavy atom. The Labute approximate surface area is 101 Å². The van der Waals surface area contributed by atoms with Crippen LogP contribution in [0.3, 0.4) is 0 Å². The van der Waals surface area contributed by atoms with E-state index in [0.29, 0.717) is 12.8 Å². The van der Waals surface area contributed by atoms with Gasteiger partial charge in [0.1, 0.15) is 12.2 Å². The molecule has 0 radical (unpaired) electrons. The van der Waals surface area contributed by atoms with Crippen molar-refractivity contribution in [2.45, 2.75) is 63.6 Å². The first kappa shape index (κ1) is 11.1. The third-order valence-corrected chi connectivity index (χ3v) is 4.18. The second-order valence-corrected chi connectivity index (χ2v) is 5.50. The van der Waals surface area contributed by atoms with E-state index >= 15 is 0 Å². The summed E-state index contributed by atoms with van der Waals surface area (Å²) in [6, 6.07) is 0. The van der Waals surface area contributed by atoms with Gasteiger partial charge in [-0.1, -0.05) is 0 Å². The van der Waals surface area contributed by atoms with Gasteiger partial charge in [-0.3, -0.25) is 9.59 Å². The van der Waals surface area contributed by atoms with Crippen LogP contribution in [-0.4, -0.2) is 24.1 Å². The van der Waals surface area contributed by atoms with E-state index in [1.807, 2.05) is 0 Å². The molecule has 0 atom stereocenters. The zero-order valence-electron chi connectivity index (χ0n) is 9.94. The van der Waals surface area contributed by atoms with Crippen molar-refractivity contribution in [1.82, 2.24) is 0 Å². The number of rotatable bonds is 4. The highest BCUT2D eigenvalue weighted by Crippen LogP contribution is 2.49. The van der Waals surface area contributed by atoms with Crippen LogP contribution in [0.4, 0.5) is 0 Å². The summed E-state index contributed by atoms with van der Waals surface area (Å²) < 4.78 is 10.7. The summed E-state index contributed by atoms with van der Waals surface area (Å²) in [7, 11) is 0. The van der Waals surface area contributed by atoms with Crippen LogP contribution in [-0.2, 0) is 19.1 Å². The van der Waals surface area contributed by atoms with Gasteiger partial charge in [-0.15, -0.1) is 0 Å². The van der Waals surface area contributed by atoms with Gasteiger partial charge in [0.25, 0.3) is 0 Å². The first-order valence-electron chi connectivity index (χ1n) is 6.63. The highest BCUT2D eigenvalue weighted by atomic mass is 16.6. The Balaban J connectivity index is 1.55. The van der Waals surface area contributed by atoms with Crippen molar-refractivity contribution in [3.8, 4) is 0 Å². The normalized spacial score (nSPS) is 26.6. The first-order valence-corrected chi connectivity index (χ1v) is 6.63. The van der Waals surface area contributed by atoms with E-state index < -0.39 is 5.41 Å². The summed E-state index contributed by atoms with van der Waals surface area (Å²) >= 11 is 0. The molecule has 0 N–H and O–H groups in total. The van der Waals surface area contributed by atoms with Gasteiger partial charge in [-0.2, -0.15) is 0 Å². The Kier molecular flexibility index (Phi) is 2.60. The van der Waals surface area contributed by atoms with Crippen LogP contribution in [0.25, 0.3) is 0 Å². The average molecular weight is 238 g/mol. The van der Waals surface area contributed by atoms with Gasteiger partial charge < -0.3 is 9.47 Å². The molecule has 0 aliphatic heterocycles. The van der Waals surface area contributed by atoms with Crippen LogP contribution in [0.15, 0.2) is 0 Å². The van der Waals surface area contributed by atoms with E-state index in [0.717, 1.165) is 38.5 Å². The lowest BCUT2D eigenvalue weighted by molar-refractivity contribution is -0.174. The summed E-state index contributed by atoms with van der Waals surface area (Å²) in [4.78, 5) is 23.9. The summed E-state index contributed by atoms with van der Waals surface area (Å²) in [6.45, 7) is 0. The third-order valence-electron chi connectivity index (χ3n) is 4.18. The fraction of sp³-hybridized carbons (Fsp3) is 0.846. The molecule has 3 aliphatic carbocycles. The summed E-state index contributed by atoms with van der Waals surface area (Å²) in [5.74, 6) is -0.682. The smallest absolute Gasteiger partial charge is 0.323 e. The van der Waals surface area contributed by atoms with Crippen LogP contribution in [0.5, 0.6) is 0 Å². The first-order chi connectivity index (χ1) is 8.21. The van der Waals surface area contributed by atoms with Gasteiger partial charge in [0, 0.05) is 0 Å². The molecular weight excluding hydrogens is 220 g/mol. The maximum absolute atomic E-state index is 11.9. The molecule has 0 aromatic heterocycles. The van der Waals surface area contributed by atoms with E-state index in [-0.39, 0.29) is 24.1 Å². The lowest BCUT2D eigenvalue weighted by Gasteiger charge is -2.29. The van der Waals surface area contributed by atoms with Crippen molar-refractivity contribution < 1.29 is 19.1 Å². The Hall–Kier alpha value is -1.06. The van der Waals surface area contributed by atoms with Gasteiger partial charge in [0.05, 0.1) is 0 Å². The maximum Gasteiger partial charge on any atom is 0.323 e. The monoisotopic (exact) mass is 238 g/mol. The molecule has 0 spiro atoms. The fourth-order valence-electron chi connectivity index (χ4n) is 2.12. The summed E-state index contributed by atoms with van der Waals surface area (Å²) in [6.07, 6.45) is 7.33. The molecule has 4 heteroatoms. The van der Waals surface area contributed by atoms with Crippen molar-refractivity contribution in [2.75, 3.05) is 0 Å². The standard InChI is InChI=1S/C13H18O4/c14-11(16-9-3-1-4-9)13(7-8-13)12(15)17-10-5-2-6-10/h9-10H,1-8H2. The quantitative estimate of drug-likeness (QED) is 0.555. The fourth-order valence-corrected chi connectivity index (χ4v) is 2.12. The molecule has 17 heavy (non-hydrogen) atoms. The molecule has 0 saturated heterocycles. The molecule has 0 aromatic rings. The number of hydrogen-bond donors (Lipinski definition) is 0. The maximum atomic E-state index is 11.9. The minimum atomic E-state index is -0.925. The van der Waals surface area contributed by atoms with Crippen molar-refractivity contribution in [3.63, 3.8) is 0 Å². The zero-order valence-corrected chi connectivity index (χ0v) is 9.94. The van der Waals surface area contributed by atoms with Crippen LogP contribution in [0, 0.1) is 5.41 Å². The SMILES string of the molecule is O=C(OC1CCC1)C1(C(=O)OC2CCC2)CC1. The van der Waals surface area contributed by atoms with Crippen molar-refractivity contribution in [2.24, 2.45) is 5.41 Å². The largest absolute Gasteiger partial charge is 0.462 e. The van der Waals surface area contributed by atoms with Crippen LogP contribution in [0.1, 0.15) is 51.4 Å². The summed E-state index contributed by atoms with van der Waals surface area (Å²) in [5, 5.41) is 0. The number of carbonyl (C=O) groups excluding carboxylic acids is 2. The van der Waals surface area contributed by atoms with Crippen molar-refractivity contribution in [1.29, 1.82) is 0 Å². The van der Waals surface area contributed by atoms with E-state index in [4.69, 9.17) is 9.47 Å². The average Bonchev–Trinajstić information content (AvgIpc) is 2.97. The number of ether oxygens (including phenoxy) is 2. The molecule has 3 fully saturated rings. The number of esters is 2. The Morgan fingerprint density at radius 2 is 1.24 bits per heavy atom. The minimum Gasteiger partial charge on any atom is -0.462 e. The van der Waals surface area contributed by atoms with E-state index in [9.17, 15) is 9.59 Å². The second kappa shape index (κ2) is 4.00. The van der Waals surface area contributed by atoms with E-state index in [1.165, 1.54) is 0 Å². The molecule has 0 bridgehead atoms. The van der Waals surface area contributed by atoms with Crippen LogP contribution in [0.2, 0.25) is 0 Å². The molecule has 3 aliphatic rings. The van der Waals surface area contributed by atoms with Gasteiger partial charge in [0.2, 0.25) is 0 Å². The molecule has 3 rings (SSSR count). The Bertz CT molecular complexity index is 307. The van der Waals surface area contributed by atoms with E-state index in [1.54, 1.807) is 0 Å². The van der Waals surface area contributed by atoms with Gasteiger partial charge in [0.15, 0.2) is 5.41 Å². The highest BCUT2D eigenvalue weighted by molar-refractivity contribution is 6.03. The second-order valence-electron chi connectivity index (χ2n) is 5.50. The lowest BCUT2D eigenvalue weighted by atomic mass is 9.95. The molecular formula is C13H18O4. The van der Waals surface area contributed by atoms with Crippen molar-refractivity contribution in [3.05, 3.63) is 0 Å². The molecule has 4 nitrogen and oxygen atoms in total. The zero-order chi connectivity index (χ0) is 11.9. The van der Waals surface area contributed by atoms with Gasteiger partial charge in [-0.05, 0) is 51.4 Å². The molecule has 94 valence electrons. The predicted octanol–water partition coefficient (Wildman–Crippen LogP) is 1.96. The number of carbonyl (C=O) groups is 2. The lowest BCUT2D eigenvalue weighted by Crippen LogP contribution is -2.37.